The zero-order valence-electron chi connectivity index (χ0n) is 18.5. The summed E-state index contributed by atoms with van der Waals surface area (Å²) in [5.41, 5.74) is 3.15. The average molecular weight is 487 g/mol. The van der Waals surface area contributed by atoms with E-state index in [0.29, 0.717) is 12.3 Å². The van der Waals surface area contributed by atoms with Crippen LogP contribution >= 0.6 is 15.9 Å². The molecule has 0 unspecified atom stereocenters. The normalized spacial score (nSPS) is 14.8. The predicted molar refractivity (Wildman–Crippen MR) is 126 cm³/mol. The molecule has 0 spiro atoms. The van der Waals surface area contributed by atoms with Gasteiger partial charge in [-0.2, -0.15) is 0 Å². The Morgan fingerprint density at radius 2 is 1.84 bits per heavy atom. The third kappa shape index (κ3) is 6.33. The Morgan fingerprint density at radius 1 is 1.13 bits per heavy atom. The van der Waals surface area contributed by atoms with Gasteiger partial charge in [0.15, 0.2) is 6.61 Å². The highest BCUT2D eigenvalue weighted by atomic mass is 79.9. The zero-order chi connectivity index (χ0) is 22.4. The van der Waals surface area contributed by atoms with E-state index >= 15 is 0 Å². The number of nitrogens with one attached hydrogen (secondary N) is 1. The Kier molecular flexibility index (Phi) is 8.13. The molecule has 6 heteroatoms. The van der Waals surface area contributed by atoms with Crippen LogP contribution in [0.25, 0.3) is 0 Å². The summed E-state index contributed by atoms with van der Waals surface area (Å²) in [5.74, 6) is 0.319. The number of benzene rings is 2. The third-order valence-corrected chi connectivity index (χ3v) is 6.85. The molecule has 0 bridgehead atoms. The van der Waals surface area contributed by atoms with Crippen molar-refractivity contribution in [2.75, 3.05) is 6.61 Å². The van der Waals surface area contributed by atoms with E-state index < -0.39 is 6.04 Å². The highest BCUT2D eigenvalue weighted by molar-refractivity contribution is 9.10. The van der Waals surface area contributed by atoms with E-state index in [2.05, 4.69) is 21.2 Å². The fraction of sp³-hybridized carbons (Fsp3) is 0.440. The van der Waals surface area contributed by atoms with Gasteiger partial charge in [-0.15, -0.1) is 0 Å². The van der Waals surface area contributed by atoms with Gasteiger partial charge in [-0.3, -0.25) is 9.59 Å². The summed E-state index contributed by atoms with van der Waals surface area (Å²) < 4.78 is 6.76. The molecule has 1 N–H and O–H groups in total. The van der Waals surface area contributed by atoms with Crippen LogP contribution in [0.4, 0.5) is 0 Å². The molecule has 0 heterocycles. The van der Waals surface area contributed by atoms with Gasteiger partial charge in [0.2, 0.25) is 5.91 Å². The fourth-order valence-electron chi connectivity index (χ4n) is 3.88. The van der Waals surface area contributed by atoms with Gasteiger partial charge in [-0.05, 0) is 68.5 Å². The lowest BCUT2D eigenvalue weighted by molar-refractivity contribution is -0.142. The molecule has 1 atom stereocenters. The third-order valence-electron chi connectivity index (χ3n) is 5.96. The van der Waals surface area contributed by atoms with Gasteiger partial charge in [-0.25, -0.2) is 0 Å². The van der Waals surface area contributed by atoms with Crippen LogP contribution in [-0.4, -0.2) is 35.4 Å². The molecule has 166 valence electrons. The van der Waals surface area contributed by atoms with Crippen molar-refractivity contribution in [3.05, 3.63) is 63.6 Å². The molecule has 31 heavy (non-hydrogen) atoms. The first-order chi connectivity index (χ1) is 14.8. The van der Waals surface area contributed by atoms with E-state index in [1.165, 1.54) is 0 Å². The van der Waals surface area contributed by atoms with Gasteiger partial charge >= 0.3 is 0 Å². The van der Waals surface area contributed by atoms with E-state index in [1.54, 1.807) is 11.8 Å². The van der Waals surface area contributed by atoms with Gasteiger partial charge in [0.05, 0.1) is 0 Å². The van der Waals surface area contributed by atoms with Crippen LogP contribution in [0.2, 0.25) is 0 Å². The molecule has 1 aliphatic rings. The number of ether oxygens (including phenoxy) is 1. The van der Waals surface area contributed by atoms with Gasteiger partial charge in [0.25, 0.3) is 5.91 Å². The van der Waals surface area contributed by atoms with Gasteiger partial charge in [0.1, 0.15) is 11.8 Å². The number of amides is 2. The molecule has 5 nitrogen and oxygen atoms in total. The lowest BCUT2D eigenvalue weighted by Gasteiger charge is -2.30. The summed E-state index contributed by atoms with van der Waals surface area (Å²) in [5, 5.41) is 3.12. The van der Waals surface area contributed by atoms with Crippen LogP contribution in [0.1, 0.15) is 49.3 Å². The van der Waals surface area contributed by atoms with Gasteiger partial charge < -0.3 is 15.0 Å². The fourth-order valence-corrected chi connectivity index (χ4v) is 4.13. The Labute approximate surface area is 193 Å². The maximum Gasteiger partial charge on any atom is 0.261 e. The monoisotopic (exact) mass is 486 g/mol. The number of hydrogen-bond acceptors (Lipinski definition) is 3. The lowest BCUT2D eigenvalue weighted by Crippen LogP contribution is -2.50. The first-order valence-corrected chi connectivity index (χ1v) is 11.7. The van der Waals surface area contributed by atoms with Crippen molar-refractivity contribution in [1.29, 1.82) is 0 Å². The Balaban J connectivity index is 1.73. The predicted octanol–water partition coefficient (Wildman–Crippen LogP) is 4.92. The number of aryl methyl sites for hydroxylation is 2. The number of nitrogens with zero attached hydrogens (tertiary/aromatic N) is 1. The van der Waals surface area contributed by atoms with Gasteiger partial charge in [0, 0.05) is 17.1 Å². The van der Waals surface area contributed by atoms with E-state index in [4.69, 9.17) is 4.74 Å². The topological polar surface area (TPSA) is 58.6 Å². The second-order valence-electron chi connectivity index (χ2n) is 8.31. The maximum atomic E-state index is 13.2. The zero-order valence-corrected chi connectivity index (χ0v) is 20.1. The second kappa shape index (κ2) is 10.8. The standard InChI is InChI=1S/C25H31BrN2O3/c1-17-8-4-5-9-20(17)15-28(19(3)25(30)27-21-10-6-7-11-21)24(29)16-31-22-12-13-23(26)18(2)14-22/h4-5,8-9,12-14,19,21H,6-7,10-11,15-16H2,1-3H3,(H,27,30)/t19-/m1/s1. The first kappa shape index (κ1) is 23.3. The number of hydrogen-bond donors (Lipinski definition) is 1. The number of halogens is 1. The van der Waals surface area contributed by atoms with Crippen LogP contribution < -0.4 is 10.1 Å². The first-order valence-electron chi connectivity index (χ1n) is 10.9. The highest BCUT2D eigenvalue weighted by Gasteiger charge is 2.29. The smallest absolute Gasteiger partial charge is 0.261 e. The van der Waals surface area contributed by atoms with E-state index in [1.807, 2.05) is 56.3 Å². The van der Waals surface area contributed by atoms with Crippen molar-refractivity contribution in [3.63, 3.8) is 0 Å². The molecule has 1 saturated carbocycles. The molecule has 0 aromatic heterocycles. The molecular formula is C25H31BrN2O3. The van der Waals surface area contributed by atoms with Crippen LogP contribution in [0.3, 0.4) is 0 Å². The highest BCUT2D eigenvalue weighted by Crippen LogP contribution is 2.22. The molecule has 0 saturated heterocycles. The summed E-state index contributed by atoms with van der Waals surface area (Å²) in [4.78, 5) is 27.7. The largest absolute Gasteiger partial charge is 0.484 e. The minimum absolute atomic E-state index is 0.103. The number of rotatable bonds is 8. The minimum Gasteiger partial charge on any atom is -0.484 e. The summed E-state index contributed by atoms with van der Waals surface area (Å²) in [6, 6.07) is 13.2. The minimum atomic E-state index is -0.581. The number of carbonyl (C=O) groups excluding carboxylic acids is 2. The molecule has 1 fully saturated rings. The van der Waals surface area contributed by atoms with E-state index in [0.717, 1.165) is 46.8 Å². The summed E-state index contributed by atoms with van der Waals surface area (Å²) in [7, 11) is 0. The van der Waals surface area contributed by atoms with Crippen molar-refractivity contribution in [1.82, 2.24) is 10.2 Å². The summed E-state index contributed by atoms with van der Waals surface area (Å²) in [6.45, 7) is 6.03. The Morgan fingerprint density at radius 3 is 2.52 bits per heavy atom. The molecular weight excluding hydrogens is 456 g/mol. The van der Waals surface area contributed by atoms with Crippen LogP contribution in [0.5, 0.6) is 5.75 Å². The van der Waals surface area contributed by atoms with Crippen LogP contribution in [0, 0.1) is 13.8 Å². The van der Waals surface area contributed by atoms with Crippen LogP contribution in [0.15, 0.2) is 46.9 Å². The summed E-state index contributed by atoms with van der Waals surface area (Å²) >= 11 is 3.47. The van der Waals surface area contributed by atoms with Crippen molar-refractivity contribution in [2.45, 2.75) is 65.1 Å². The molecule has 2 aromatic carbocycles. The maximum absolute atomic E-state index is 13.2. The molecule has 0 radical (unpaired) electrons. The SMILES string of the molecule is Cc1cc(OCC(=O)N(Cc2ccccc2C)[C@H](C)C(=O)NC2CCCC2)ccc1Br. The summed E-state index contributed by atoms with van der Waals surface area (Å²) in [6.07, 6.45) is 4.31. The lowest BCUT2D eigenvalue weighted by atomic mass is 10.1. The molecule has 2 amide bonds. The number of carbonyl (C=O) groups is 2. The molecule has 0 aliphatic heterocycles. The van der Waals surface area contributed by atoms with Crippen LogP contribution in [-0.2, 0) is 16.1 Å². The van der Waals surface area contributed by atoms with E-state index in [9.17, 15) is 9.59 Å². The quantitative estimate of drug-likeness (QED) is 0.575. The van der Waals surface area contributed by atoms with Crippen molar-refractivity contribution >= 4 is 27.7 Å². The average Bonchev–Trinajstić information content (AvgIpc) is 3.26. The molecule has 2 aromatic rings. The van der Waals surface area contributed by atoms with Gasteiger partial charge in [-0.1, -0.05) is 53.0 Å². The molecule has 1 aliphatic carbocycles. The van der Waals surface area contributed by atoms with Crippen molar-refractivity contribution in [2.24, 2.45) is 0 Å². The van der Waals surface area contributed by atoms with E-state index in [-0.39, 0.29) is 24.5 Å². The molecule has 3 rings (SSSR count). The van der Waals surface area contributed by atoms with Crippen molar-refractivity contribution < 1.29 is 14.3 Å². The Hall–Kier alpha value is -2.34. The Bertz CT molecular complexity index is 925. The second-order valence-corrected chi connectivity index (χ2v) is 9.17. The van der Waals surface area contributed by atoms with Crippen molar-refractivity contribution in [3.8, 4) is 5.75 Å².